The van der Waals surface area contributed by atoms with E-state index in [-0.39, 0.29) is 0 Å². The van der Waals surface area contributed by atoms with Crippen molar-refractivity contribution in [2.45, 2.75) is 59.7 Å². The van der Waals surface area contributed by atoms with Crippen LogP contribution in [-0.2, 0) is 9.47 Å². The molecule has 15 heavy (non-hydrogen) atoms. The van der Waals surface area contributed by atoms with E-state index in [0.717, 1.165) is 32.5 Å². The van der Waals surface area contributed by atoms with Crippen LogP contribution >= 0.6 is 0 Å². The van der Waals surface area contributed by atoms with Gasteiger partial charge in [-0.3, -0.25) is 5.92 Å². The average molecular weight is 213 g/mol. The molecule has 0 saturated carbocycles. The fourth-order valence-corrected chi connectivity index (χ4v) is 1.80. The Morgan fingerprint density at radius 2 is 1.67 bits per heavy atom. The third-order valence-corrected chi connectivity index (χ3v) is 2.93. The summed E-state index contributed by atoms with van der Waals surface area (Å²) in [4.78, 5) is 0. The van der Waals surface area contributed by atoms with E-state index in [1.807, 2.05) is 0 Å². The average Bonchev–Trinajstić information content (AvgIpc) is 2.15. The maximum atomic E-state index is 5.86. The zero-order valence-corrected chi connectivity index (χ0v) is 10.9. The van der Waals surface area contributed by atoms with Gasteiger partial charge < -0.3 is 9.47 Å². The molecule has 2 nitrogen and oxygen atoms in total. The summed E-state index contributed by atoms with van der Waals surface area (Å²) in [6, 6.07) is 0. The van der Waals surface area contributed by atoms with Crippen LogP contribution in [0.4, 0.5) is 0 Å². The van der Waals surface area contributed by atoms with Gasteiger partial charge in [-0.25, -0.2) is 0 Å². The van der Waals surface area contributed by atoms with Gasteiger partial charge in [-0.1, -0.05) is 20.8 Å². The molecule has 0 atom stereocenters. The summed E-state index contributed by atoms with van der Waals surface area (Å²) in [6.45, 7) is 12.6. The highest BCUT2D eigenvalue weighted by atomic mass is 16.7. The third kappa shape index (κ3) is 3.76. The van der Waals surface area contributed by atoms with E-state index in [4.69, 9.17) is 9.47 Å². The third-order valence-electron chi connectivity index (χ3n) is 2.93. The first-order valence-corrected chi connectivity index (χ1v) is 5.94. The van der Waals surface area contributed by atoms with Gasteiger partial charge in [0.1, 0.15) is 0 Å². The lowest BCUT2D eigenvalue weighted by atomic mass is 9.85. The Bertz CT molecular complexity index is 185. The standard InChI is InChI=1S/C13H25O2/c1-11(2)13(8-7-12(3,4)5)14-9-6-10-15-13/h6-10H2,1-5H3/q-1. The van der Waals surface area contributed by atoms with Crippen molar-refractivity contribution in [1.29, 1.82) is 0 Å². The van der Waals surface area contributed by atoms with Gasteiger partial charge in [0.25, 0.3) is 0 Å². The van der Waals surface area contributed by atoms with Crippen LogP contribution in [0.3, 0.4) is 0 Å². The zero-order chi connectivity index (χ0) is 11.5. The van der Waals surface area contributed by atoms with Crippen molar-refractivity contribution in [1.82, 2.24) is 0 Å². The second-order valence-corrected chi connectivity index (χ2v) is 5.86. The molecule has 1 fully saturated rings. The van der Waals surface area contributed by atoms with Crippen molar-refractivity contribution in [3.63, 3.8) is 0 Å². The van der Waals surface area contributed by atoms with Crippen molar-refractivity contribution in [2.24, 2.45) is 5.41 Å². The number of hydrogen-bond acceptors (Lipinski definition) is 2. The lowest BCUT2D eigenvalue weighted by Gasteiger charge is -2.50. The van der Waals surface area contributed by atoms with Crippen molar-refractivity contribution < 1.29 is 9.47 Å². The molecule has 1 aliphatic heterocycles. The SMILES string of the molecule is C[C-](C)C1(CCC(C)(C)C)OCCCO1. The monoisotopic (exact) mass is 213 g/mol. The van der Waals surface area contributed by atoms with E-state index in [2.05, 4.69) is 34.6 Å². The molecule has 0 unspecified atom stereocenters. The Kier molecular flexibility index (Phi) is 4.19. The summed E-state index contributed by atoms with van der Waals surface area (Å²) in [5.41, 5.74) is 0.340. The molecule has 0 N–H and O–H groups in total. The lowest BCUT2D eigenvalue weighted by Crippen LogP contribution is -2.44. The van der Waals surface area contributed by atoms with Gasteiger partial charge in [-0.15, -0.1) is 0 Å². The van der Waals surface area contributed by atoms with E-state index in [0.29, 0.717) is 5.41 Å². The van der Waals surface area contributed by atoms with Gasteiger partial charge in [0.05, 0.1) is 0 Å². The van der Waals surface area contributed by atoms with Crippen LogP contribution in [0.1, 0.15) is 53.9 Å². The topological polar surface area (TPSA) is 18.5 Å². The summed E-state index contributed by atoms with van der Waals surface area (Å²) >= 11 is 0. The maximum Gasteiger partial charge on any atom is 0.0489 e. The van der Waals surface area contributed by atoms with E-state index in [9.17, 15) is 0 Å². The van der Waals surface area contributed by atoms with Crippen LogP contribution in [0.2, 0.25) is 0 Å². The first-order chi connectivity index (χ1) is 6.86. The summed E-state index contributed by atoms with van der Waals surface area (Å²) < 4.78 is 11.7. The fourth-order valence-electron chi connectivity index (χ4n) is 1.80. The van der Waals surface area contributed by atoms with Crippen LogP contribution in [0.25, 0.3) is 0 Å². The van der Waals surface area contributed by atoms with Crippen molar-refractivity contribution >= 4 is 0 Å². The molecule has 90 valence electrons. The molecule has 1 heterocycles. The minimum atomic E-state index is -0.397. The molecule has 0 aliphatic carbocycles. The molecule has 0 radical (unpaired) electrons. The quantitative estimate of drug-likeness (QED) is 0.667. The van der Waals surface area contributed by atoms with Crippen LogP contribution in [0.15, 0.2) is 0 Å². The molecule has 1 rings (SSSR count). The van der Waals surface area contributed by atoms with E-state index >= 15 is 0 Å². The first kappa shape index (κ1) is 13.0. The molecule has 2 heteroatoms. The normalized spacial score (nSPS) is 22.0. The Hall–Kier alpha value is -0.0800. The van der Waals surface area contributed by atoms with E-state index < -0.39 is 5.79 Å². The van der Waals surface area contributed by atoms with Crippen LogP contribution in [0, 0.1) is 11.3 Å². The molecule has 0 bridgehead atoms. The number of rotatable bonds is 3. The van der Waals surface area contributed by atoms with Crippen LogP contribution in [-0.4, -0.2) is 19.0 Å². The minimum absolute atomic E-state index is 0.340. The molecule has 0 aromatic rings. The molecular weight excluding hydrogens is 188 g/mol. The largest absolute Gasteiger partial charge is 0.380 e. The highest BCUT2D eigenvalue weighted by Crippen LogP contribution is 2.36. The Morgan fingerprint density at radius 1 is 1.13 bits per heavy atom. The predicted octanol–water partition coefficient (Wildman–Crippen LogP) is 3.56. The number of ether oxygens (including phenoxy) is 2. The first-order valence-electron chi connectivity index (χ1n) is 5.94. The molecular formula is C13H25O2-. The van der Waals surface area contributed by atoms with Gasteiger partial charge in [0, 0.05) is 19.0 Å². The van der Waals surface area contributed by atoms with E-state index in [1.165, 1.54) is 5.92 Å². The van der Waals surface area contributed by atoms with Gasteiger partial charge in [-0.2, -0.15) is 13.8 Å². The van der Waals surface area contributed by atoms with Gasteiger partial charge in [0.2, 0.25) is 0 Å². The van der Waals surface area contributed by atoms with Crippen LogP contribution in [0.5, 0.6) is 0 Å². The Morgan fingerprint density at radius 3 is 2.07 bits per heavy atom. The molecule has 0 aromatic heterocycles. The fraction of sp³-hybridized carbons (Fsp3) is 0.923. The summed E-state index contributed by atoms with van der Waals surface area (Å²) in [7, 11) is 0. The van der Waals surface area contributed by atoms with Gasteiger partial charge >= 0.3 is 0 Å². The Labute approximate surface area is 94.3 Å². The molecule has 1 saturated heterocycles. The van der Waals surface area contributed by atoms with Crippen molar-refractivity contribution in [2.75, 3.05) is 13.2 Å². The highest BCUT2D eigenvalue weighted by molar-refractivity contribution is 4.98. The maximum absolute atomic E-state index is 5.86. The van der Waals surface area contributed by atoms with Gasteiger partial charge in [-0.05, 0) is 24.7 Å². The smallest absolute Gasteiger partial charge is 0.0489 e. The van der Waals surface area contributed by atoms with E-state index in [1.54, 1.807) is 0 Å². The molecule has 1 aliphatic rings. The Balaban J connectivity index is 2.57. The molecule has 0 spiro atoms. The second kappa shape index (κ2) is 4.84. The summed E-state index contributed by atoms with van der Waals surface area (Å²) in [5, 5.41) is 0. The van der Waals surface area contributed by atoms with Gasteiger partial charge in [0.15, 0.2) is 0 Å². The zero-order valence-electron chi connectivity index (χ0n) is 10.9. The number of hydrogen-bond donors (Lipinski definition) is 0. The van der Waals surface area contributed by atoms with Crippen LogP contribution < -0.4 is 0 Å². The summed E-state index contributed by atoms with van der Waals surface area (Å²) in [5.74, 6) is 0.845. The lowest BCUT2D eigenvalue weighted by molar-refractivity contribution is -0.260. The molecule has 0 amide bonds. The minimum Gasteiger partial charge on any atom is -0.380 e. The summed E-state index contributed by atoms with van der Waals surface area (Å²) in [6.07, 6.45) is 3.11. The highest BCUT2D eigenvalue weighted by Gasteiger charge is 2.30. The predicted molar refractivity (Wildman–Crippen MR) is 62.5 cm³/mol. The molecule has 0 aromatic carbocycles. The van der Waals surface area contributed by atoms with Crippen molar-refractivity contribution in [3.8, 4) is 0 Å². The second-order valence-electron chi connectivity index (χ2n) is 5.86. The van der Waals surface area contributed by atoms with Crippen molar-refractivity contribution in [3.05, 3.63) is 5.92 Å².